The molecular formula is C52H62O13S2. The van der Waals surface area contributed by atoms with Gasteiger partial charge in [-0.1, -0.05) is 62.4 Å². The number of hydrogen-bond donors (Lipinski definition) is 3. The van der Waals surface area contributed by atoms with Gasteiger partial charge in [-0.05, 0) is 125 Å². The number of aliphatic hydroxyl groups excluding tert-OH is 3. The molecule has 4 heterocycles. The molecule has 13 nitrogen and oxygen atoms in total. The predicted octanol–water partition coefficient (Wildman–Crippen LogP) is 7.34. The lowest BCUT2D eigenvalue weighted by atomic mass is 9.82. The number of fused-ring (bicyclic) bond motifs is 2. The first-order chi connectivity index (χ1) is 32.2. The minimum atomic E-state index is -3.82. The molecule has 4 fully saturated rings. The molecule has 0 unspecified atom stereocenters. The van der Waals surface area contributed by atoms with E-state index < -0.39 is 39.7 Å². The normalized spacial score (nSPS) is 29.0. The summed E-state index contributed by atoms with van der Waals surface area (Å²) in [5, 5.41) is 31.0. The van der Waals surface area contributed by atoms with E-state index in [9.17, 15) is 28.5 Å². The fraction of sp³-hybridized carbons (Fsp3) is 0.519. The number of thioether (sulfide) groups is 1. The number of aliphatic hydroxyl groups is 3. The molecule has 15 heteroatoms. The maximum atomic E-state index is 12.1. The van der Waals surface area contributed by atoms with E-state index in [4.69, 9.17) is 33.2 Å². The first kappa shape index (κ1) is 47.7. The number of esters is 1. The first-order valence-electron chi connectivity index (χ1n) is 23.4. The van der Waals surface area contributed by atoms with Crippen molar-refractivity contribution in [3.05, 3.63) is 117 Å². The second-order valence-electron chi connectivity index (χ2n) is 19.0. The van der Waals surface area contributed by atoms with E-state index in [1.165, 1.54) is 42.0 Å². The summed E-state index contributed by atoms with van der Waals surface area (Å²) in [6.07, 6.45) is 2.96. The van der Waals surface area contributed by atoms with E-state index in [2.05, 4.69) is 50.4 Å². The number of ether oxygens (including phenoxy) is 7. The lowest BCUT2D eigenvalue weighted by Gasteiger charge is -2.44. The molecule has 67 heavy (non-hydrogen) atoms. The lowest BCUT2D eigenvalue weighted by molar-refractivity contribution is -0.202. The number of hydrogen-bond acceptors (Lipinski definition) is 14. The highest BCUT2D eigenvalue weighted by atomic mass is 32.2. The van der Waals surface area contributed by atoms with Gasteiger partial charge in [-0.2, -0.15) is 0 Å². The molecule has 3 N–H and O–H groups in total. The molecule has 360 valence electrons. The molecule has 0 amide bonds. The van der Waals surface area contributed by atoms with Gasteiger partial charge in [-0.25, -0.2) is 8.42 Å². The van der Waals surface area contributed by atoms with Gasteiger partial charge in [-0.15, -0.1) is 11.8 Å². The van der Waals surface area contributed by atoms with Crippen LogP contribution in [0.3, 0.4) is 0 Å². The molecule has 2 aliphatic carbocycles. The van der Waals surface area contributed by atoms with Gasteiger partial charge in [0.05, 0.1) is 6.10 Å². The van der Waals surface area contributed by atoms with E-state index in [0.29, 0.717) is 56.0 Å². The molecule has 4 aliphatic heterocycles. The molecule has 0 radical (unpaired) electrons. The molecule has 10 atom stereocenters. The molecule has 2 saturated heterocycles. The third kappa shape index (κ3) is 10.6. The summed E-state index contributed by atoms with van der Waals surface area (Å²) in [5.41, 5.74) is 7.36. The van der Waals surface area contributed by atoms with Crippen molar-refractivity contribution in [1.29, 1.82) is 0 Å². The topological polar surface area (TPSA) is 177 Å². The molecule has 6 aliphatic rings. The zero-order chi connectivity index (χ0) is 47.1. The number of rotatable bonds is 11. The molecule has 10 rings (SSSR count). The number of benzene rings is 4. The van der Waals surface area contributed by atoms with Crippen LogP contribution in [0.25, 0.3) is 0 Å². The zero-order valence-electron chi connectivity index (χ0n) is 38.7. The molecule has 0 spiro atoms. The fourth-order valence-corrected chi connectivity index (χ4v) is 11.9. The van der Waals surface area contributed by atoms with Crippen molar-refractivity contribution in [2.75, 3.05) is 38.9 Å². The highest BCUT2D eigenvalue weighted by Gasteiger charge is 2.49. The summed E-state index contributed by atoms with van der Waals surface area (Å²) >= 11 is 1.68. The number of sulfone groups is 1. The van der Waals surface area contributed by atoms with Gasteiger partial charge in [0.15, 0.2) is 38.3 Å². The average molecular weight is 959 g/mol. The Kier molecular flexibility index (Phi) is 14.2. The Morgan fingerprint density at radius 2 is 1.13 bits per heavy atom. The van der Waals surface area contributed by atoms with E-state index in [1.54, 1.807) is 17.8 Å². The molecular weight excluding hydrogens is 897 g/mol. The molecule has 0 aromatic heterocycles. The van der Waals surface area contributed by atoms with Crippen LogP contribution in [0.1, 0.15) is 115 Å². The van der Waals surface area contributed by atoms with Gasteiger partial charge in [0.2, 0.25) is 0 Å². The van der Waals surface area contributed by atoms with Crippen molar-refractivity contribution in [1.82, 2.24) is 0 Å². The van der Waals surface area contributed by atoms with Crippen LogP contribution < -0.4 is 18.9 Å². The van der Waals surface area contributed by atoms with Gasteiger partial charge in [0.25, 0.3) is 0 Å². The highest BCUT2D eigenvalue weighted by Crippen LogP contribution is 2.48. The van der Waals surface area contributed by atoms with Crippen molar-refractivity contribution < 1.29 is 61.7 Å². The quantitative estimate of drug-likeness (QED) is 0.127. The van der Waals surface area contributed by atoms with Crippen molar-refractivity contribution in [3.8, 4) is 23.0 Å². The van der Waals surface area contributed by atoms with Gasteiger partial charge < -0.3 is 48.5 Å². The van der Waals surface area contributed by atoms with E-state index >= 15 is 0 Å². The van der Waals surface area contributed by atoms with Crippen molar-refractivity contribution in [2.24, 2.45) is 11.8 Å². The van der Waals surface area contributed by atoms with Crippen LogP contribution in [0.4, 0.5) is 0 Å². The molecule has 4 aromatic carbocycles. The summed E-state index contributed by atoms with van der Waals surface area (Å²) in [6.45, 7) is 7.97. The van der Waals surface area contributed by atoms with Gasteiger partial charge >= 0.3 is 5.97 Å². The Bertz CT molecular complexity index is 2540. The highest BCUT2D eigenvalue weighted by molar-refractivity contribution is 7.99. The summed E-state index contributed by atoms with van der Waals surface area (Å²) < 4.78 is 65.1. The maximum Gasteiger partial charge on any atom is 0.302 e. The fourth-order valence-electron chi connectivity index (χ4n) is 10.1. The summed E-state index contributed by atoms with van der Waals surface area (Å²) in [6, 6.07) is 24.7. The third-order valence-corrected chi connectivity index (χ3v) is 16.0. The molecule has 2 saturated carbocycles. The first-order valence-corrected chi connectivity index (χ1v) is 26.7. The lowest BCUT2D eigenvalue weighted by Crippen LogP contribution is -2.56. The van der Waals surface area contributed by atoms with Crippen LogP contribution in [0.15, 0.2) is 72.8 Å². The Morgan fingerprint density at radius 3 is 1.60 bits per heavy atom. The monoisotopic (exact) mass is 958 g/mol. The maximum absolute atomic E-state index is 12.1. The van der Waals surface area contributed by atoms with Crippen molar-refractivity contribution in [2.45, 2.75) is 119 Å². The van der Waals surface area contributed by atoms with Crippen LogP contribution in [-0.2, 0) is 41.7 Å². The van der Waals surface area contributed by atoms with Crippen LogP contribution in [-0.4, -0.2) is 104 Å². The Hall–Kier alpha value is -4.35. The minimum absolute atomic E-state index is 0.0186. The van der Waals surface area contributed by atoms with E-state index in [-0.39, 0.29) is 35.4 Å². The Balaban J connectivity index is 0.000000168. The average Bonchev–Trinajstić information content (AvgIpc) is 4.26. The van der Waals surface area contributed by atoms with Gasteiger partial charge in [0, 0.05) is 25.0 Å². The molecule has 4 aromatic rings. The van der Waals surface area contributed by atoms with Crippen LogP contribution in [0, 0.1) is 11.8 Å². The van der Waals surface area contributed by atoms with E-state index in [1.807, 2.05) is 36.4 Å². The minimum Gasteiger partial charge on any atom is -0.486 e. The van der Waals surface area contributed by atoms with E-state index in [0.717, 1.165) is 59.5 Å². The summed E-state index contributed by atoms with van der Waals surface area (Å²) in [4.78, 5) is 11.8. The standard InChI is InChI=1S/C28H34O5S.C24H28O8S/c1-16-26(32-18(3)29)17(2)28(34-4)33-27(16)21-8-9-23(20-6-7-20)22(15-21)13-19-5-10-24-25(14-19)31-12-11-30-24;1-33(28,29)24-22(27)20(25)21(26)23(32-24)15-5-6-17(14-3-4-14)16(12-15)10-13-2-7-18-19(11-13)31-9-8-30-18/h5,8-10,14-17,20,26-28H,6-7,11-13H2,1-4H3;2,5-7,11-12,14,20-27H,3-4,8-10H2,1H3/t16-,17+,26-,27-,28-;20-,21-,22+,23+,24-/m11/s1. The van der Waals surface area contributed by atoms with Gasteiger partial charge in [0.1, 0.15) is 62.4 Å². The Morgan fingerprint density at radius 1 is 0.642 bits per heavy atom. The van der Waals surface area contributed by atoms with Crippen molar-refractivity contribution in [3.63, 3.8) is 0 Å². The predicted molar refractivity (Wildman–Crippen MR) is 253 cm³/mol. The molecule has 0 bridgehead atoms. The van der Waals surface area contributed by atoms with Crippen molar-refractivity contribution >= 4 is 27.6 Å². The number of carbonyl (C=O) groups is 1. The zero-order valence-corrected chi connectivity index (χ0v) is 40.3. The van der Waals surface area contributed by atoms with Gasteiger partial charge in [-0.3, -0.25) is 4.79 Å². The van der Waals surface area contributed by atoms with Crippen LogP contribution >= 0.6 is 11.8 Å². The smallest absolute Gasteiger partial charge is 0.302 e. The van der Waals surface area contributed by atoms with Crippen LogP contribution in [0.2, 0.25) is 0 Å². The Labute approximate surface area is 397 Å². The van der Waals surface area contributed by atoms with Crippen LogP contribution in [0.5, 0.6) is 23.0 Å². The second kappa shape index (κ2) is 19.9. The second-order valence-corrected chi connectivity index (χ2v) is 22.0. The SMILES string of the molecule is CS(=O)(=O)[C@H]1O[C@@H](c2ccc(C3CC3)c(Cc3ccc4c(c3)OCCO4)c2)[C@H](O)[C@@H](O)[C@@H]1O.CS[C@H]1O[C@@H](c2ccc(C3CC3)c(Cc3ccc4c(c3)OCCO4)c2)[C@H](C)[C@@H](OC(C)=O)[C@@H]1C. The number of carbonyl (C=O) groups excluding carboxylic acids is 1. The summed E-state index contributed by atoms with van der Waals surface area (Å²) in [5.74, 6) is 4.18. The largest absolute Gasteiger partial charge is 0.486 e. The third-order valence-electron chi connectivity index (χ3n) is 13.8. The summed E-state index contributed by atoms with van der Waals surface area (Å²) in [7, 11) is -3.82.